The molecule has 1 aliphatic heterocycles. The van der Waals surface area contributed by atoms with Crippen molar-refractivity contribution < 1.29 is 14.6 Å². The maximum atomic E-state index is 11.6. The zero-order valence-corrected chi connectivity index (χ0v) is 11.9. The Morgan fingerprint density at radius 3 is 2.59 bits per heavy atom. The van der Waals surface area contributed by atoms with Gasteiger partial charge in [0.2, 0.25) is 0 Å². The summed E-state index contributed by atoms with van der Waals surface area (Å²) >= 11 is 3.78. The van der Waals surface area contributed by atoms with Crippen molar-refractivity contribution in [3.8, 4) is 0 Å². The molecule has 100 valence electrons. The van der Waals surface area contributed by atoms with Gasteiger partial charge in [-0.25, -0.2) is 0 Å². The van der Waals surface area contributed by atoms with Gasteiger partial charge in [0.25, 0.3) is 0 Å². The van der Waals surface area contributed by atoms with Crippen LogP contribution in [0.1, 0.15) is 19.8 Å². The number of rotatable bonds is 5. The Bertz CT molecular complexity index is 245. The van der Waals surface area contributed by atoms with Crippen LogP contribution in [0.5, 0.6) is 0 Å². The van der Waals surface area contributed by atoms with Gasteiger partial charge in [-0.3, -0.25) is 4.79 Å². The number of methoxy groups -OCH3 is 1. The van der Waals surface area contributed by atoms with Crippen molar-refractivity contribution in [1.29, 1.82) is 0 Å². The molecule has 0 bridgehead atoms. The van der Waals surface area contributed by atoms with Crippen molar-refractivity contribution in [2.24, 2.45) is 11.7 Å². The van der Waals surface area contributed by atoms with E-state index < -0.39 is 18.0 Å². The largest absolute Gasteiger partial charge is 0.469 e. The van der Waals surface area contributed by atoms with Crippen molar-refractivity contribution in [2.45, 2.75) is 36.5 Å². The zero-order valence-electron chi connectivity index (χ0n) is 10.3. The molecule has 1 saturated heterocycles. The fourth-order valence-electron chi connectivity index (χ4n) is 1.91. The van der Waals surface area contributed by atoms with Crippen LogP contribution < -0.4 is 5.73 Å². The summed E-state index contributed by atoms with van der Waals surface area (Å²) in [4.78, 5) is 11.6. The Morgan fingerprint density at radius 2 is 2.12 bits per heavy atom. The molecule has 0 aromatic rings. The highest BCUT2D eigenvalue weighted by atomic mass is 32.2. The molecule has 6 heteroatoms. The molecule has 1 fully saturated rings. The molecule has 3 N–H and O–H groups in total. The van der Waals surface area contributed by atoms with E-state index in [0.29, 0.717) is 4.58 Å². The van der Waals surface area contributed by atoms with Crippen molar-refractivity contribution in [2.75, 3.05) is 18.6 Å². The van der Waals surface area contributed by atoms with E-state index in [2.05, 4.69) is 0 Å². The normalized spacial score (nSPS) is 22.8. The van der Waals surface area contributed by atoms with Crippen LogP contribution in [-0.2, 0) is 9.53 Å². The average Bonchev–Trinajstić information content (AvgIpc) is 2.29. The number of thioether (sulfide) groups is 2. The number of nitrogens with two attached hydrogens (primary N) is 1. The molecule has 3 atom stereocenters. The molecule has 1 aliphatic rings. The number of aliphatic hydroxyl groups excluding tert-OH is 1. The topological polar surface area (TPSA) is 72.5 Å². The molecular formula is C11H21NO3S2. The lowest BCUT2D eigenvalue weighted by Crippen LogP contribution is -2.44. The molecule has 0 unspecified atom stereocenters. The third kappa shape index (κ3) is 4.69. The third-order valence-corrected chi connectivity index (χ3v) is 5.81. The monoisotopic (exact) mass is 279 g/mol. The van der Waals surface area contributed by atoms with Crippen molar-refractivity contribution in [1.82, 2.24) is 0 Å². The summed E-state index contributed by atoms with van der Waals surface area (Å²) < 4.78 is 5.13. The molecular weight excluding hydrogens is 258 g/mol. The lowest BCUT2D eigenvalue weighted by Gasteiger charge is -2.28. The first-order valence-corrected chi connectivity index (χ1v) is 7.90. The first kappa shape index (κ1) is 15.1. The SMILES string of the molecule is COC(=O)[C@@H]([C@H](N)CC1SCCCS1)[C@@H](C)O. The average molecular weight is 279 g/mol. The van der Waals surface area contributed by atoms with Crippen LogP contribution in [0.2, 0.25) is 0 Å². The van der Waals surface area contributed by atoms with E-state index in [1.54, 1.807) is 6.92 Å². The molecule has 0 saturated carbocycles. The third-order valence-electron chi connectivity index (χ3n) is 2.82. The number of aliphatic hydroxyl groups is 1. The van der Waals surface area contributed by atoms with Crippen LogP contribution >= 0.6 is 23.5 Å². The minimum atomic E-state index is -0.768. The van der Waals surface area contributed by atoms with Gasteiger partial charge in [-0.15, -0.1) is 23.5 Å². The molecule has 1 heterocycles. The van der Waals surface area contributed by atoms with Crippen LogP contribution in [-0.4, -0.2) is 46.4 Å². The molecule has 0 amide bonds. The van der Waals surface area contributed by atoms with Crippen molar-refractivity contribution >= 4 is 29.5 Å². The fraction of sp³-hybridized carbons (Fsp3) is 0.909. The van der Waals surface area contributed by atoms with Gasteiger partial charge >= 0.3 is 5.97 Å². The van der Waals surface area contributed by atoms with E-state index in [9.17, 15) is 9.90 Å². The van der Waals surface area contributed by atoms with Crippen LogP contribution in [0, 0.1) is 5.92 Å². The number of ether oxygens (including phenoxy) is 1. The molecule has 0 aromatic heterocycles. The van der Waals surface area contributed by atoms with Crippen molar-refractivity contribution in [3.63, 3.8) is 0 Å². The van der Waals surface area contributed by atoms with Crippen molar-refractivity contribution in [3.05, 3.63) is 0 Å². The number of hydrogen-bond donors (Lipinski definition) is 2. The lowest BCUT2D eigenvalue weighted by molar-refractivity contribution is -0.150. The highest BCUT2D eigenvalue weighted by molar-refractivity contribution is 8.17. The predicted octanol–water partition coefficient (Wildman–Crippen LogP) is 1.07. The molecule has 0 aliphatic carbocycles. The second-order valence-electron chi connectivity index (χ2n) is 4.21. The quantitative estimate of drug-likeness (QED) is 0.734. The minimum Gasteiger partial charge on any atom is -0.469 e. The second kappa shape index (κ2) is 7.51. The number of esters is 1. The standard InChI is InChI=1S/C11H21NO3S2/c1-7(13)10(11(14)15-2)8(12)6-9-16-4-3-5-17-9/h7-10,13H,3-6,12H2,1-2H3/t7-,8-,10-/m1/s1. The van der Waals surface area contributed by atoms with Crippen LogP contribution in [0.4, 0.5) is 0 Å². The number of carbonyl (C=O) groups excluding carboxylic acids is 1. The highest BCUT2D eigenvalue weighted by Crippen LogP contribution is 2.34. The van der Waals surface area contributed by atoms with Gasteiger partial charge in [0.05, 0.1) is 23.7 Å². The highest BCUT2D eigenvalue weighted by Gasteiger charge is 2.33. The van der Waals surface area contributed by atoms with Gasteiger partial charge in [0, 0.05) is 6.04 Å². The summed E-state index contributed by atoms with van der Waals surface area (Å²) in [5, 5.41) is 9.62. The predicted molar refractivity (Wildman–Crippen MR) is 73.1 cm³/mol. The van der Waals surface area contributed by atoms with Gasteiger partial charge in [-0.05, 0) is 31.3 Å². The number of carbonyl (C=O) groups is 1. The van der Waals surface area contributed by atoms with E-state index in [-0.39, 0.29) is 6.04 Å². The van der Waals surface area contributed by atoms with Gasteiger partial charge in [0.1, 0.15) is 0 Å². The summed E-state index contributed by atoms with van der Waals surface area (Å²) in [7, 11) is 1.33. The van der Waals surface area contributed by atoms with E-state index >= 15 is 0 Å². The lowest BCUT2D eigenvalue weighted by atomic mass is 9.93. The van der Waals surface area contributed by atoms with E-state index in [4.69, 9.17) is 10.5 Å². The van der Waals surface area contributed by atoms with Crippen LogP contribution in [0.3, 0.4) is 0 Å². The van der Waals surface area contributed by atoms with E-state index in [1.807, 2.05) is 23.5 Å². The summed E-state index contributed by atoms with van der Waals surface area (Å²) in [6, 6.07) is -0.342. The maximum absolute atomic E-state index is 11.6. The molecule has 0 radical (unpaired) electrons. The second-order valence-corrected chi connectivity index (χ2v) is 7.13. The van der Waals surface area contributed by atoms with Gasteiger partial charge in [-0.1, -0.05) is 0 Å². The van der Waals surface area contributed by atoms with Gasteiger partial charge < -0.3 is 15.6 Å². The van der Waals surface area contributed by atoms with E-state index in [0.717, 1.165) is 17.9 Å². The number of hydrogen-bond acceptors (Lipinski definition) is 6. The Labute approximate surface area is 111 Å². The molecule has 0 aromatic carbocycles. The Balaban J connectivity index is 2.51. The van der Waals surface area contributed by atoms with Crippen LogP contribution in [0.25, 0.3) is 0 Å². The first-order valence-electron chi connectivity index (χ1n) is 5.81. The van der Waals surface area contributed by atoms with Gasteiger partial charge in [0.15, 0.2) is 0 Å². The Kier molecular flexibility index (Phi) is 6.69. The summed E-state index contributed by atoms with van der Waals surface area (Å²) in [6.07, 6.45) is 1.20. The summed E-state index contributed by atoms with van der Waals surface area (Å²) in [6.45, 7) is 1.59. The molecule has 0 spiro atoms. The first-order chi connectivity index (χ1) is 8.06. The maximum Gasteiger partial charge on any atom is 0.312 e. The Hall–Kier alpha value is 0.0900. The van der Waals surface area contributed by atoms with E-state index in [1.165, 1.54) is 13.5 Å². The Morgan fingerprint density at radius 1 is 1.53 bits per heavy atom. The minimum absolute atomic E-state index is 0.342. The van der Waals surface area contributed by atoms with Crippen LogP contribution in [0.15, 0.2) is 0 Å². The smallest absolute Gasteiger partial charge is 0.312 e. The fourth-order valence-corrected chi connectivity index (χ4v) is 4.92. The molecule has 17 heavy (non-hydrogen) atoms. The van der Waals surface area contributed by atoms with Gasteiger partial charge in [-0.2, -0.15) is 0 Å². The summed E-state index contributed by atoms with van der Waals surface area (Å²) in [5.74, 6) is 1.27. The zero-order chi connectivity index (χ0) is 12.8. The molecule has 4 nitrogen and oxygen atoms in total. The summed E-state index contributed by atoms with van der Waals surface area (Å²) in [5.41, 5.74) is 6.04. The molecule has 1 rings (SSSR count).